The Bertz CT molecular complexity index is 651. The van der Waals surface area contributed by atoms with Crippen molar-refractivity contribution >= 4 is 17.5 Å². The summed E-state index contributed by atoms with van der Waals surface area (Å²) < 4.78 is 32.4. The van der Waals surface area contributed by atoms with Gasteiger partial charge in [-0.15, -0.1) is 0 Å². The maximum absolute atomic E-state index is 13.7. The van der Waals surface area contributed by atoms with E-state index in [1.54, 1.807) is 6.07 Å². The highest BCUT2D eigenvalue weighted by Gasteiger charge is 2.20. The number of hydrogen-bond acceptors (Lipinski definition) is 3. The van der Waals surface area contributed by atoms with Crippen molar-refractivity contribution in [3.8, 4) is 0 Å². The van der Waals surface area contributed by atoms with Crippen LogP contribution in [0.25, 0.3) is 0 Å². The Morgan fingerprint density at radius 2 is 1.86 bits per heavy atom. The molecule has 5 nitrogen and oxygen atoms in total. The molecule has 0 bridgehead atoms. The van der Waals surface area contributed by atoms with Crippen molar-refractivity contribution in [3.05, 3.63) is 54.0 Å². The fraction of sp³-hybridized carbons (Fsp3) is 0.200. The molecule has 1 heterocycles. The molecule has 0 radical (unpaired) electrons. The molecule has 2 rings (SSSR count). The van der Waals surface area contributed by atoms with Gasteiger partial charge in [-0.2, -0.15) is 0 Å². The van der Waals surface area contributed by atoms with Crippen LogP contribution < -0.4 is 10.2 Å². The first kappa shape index (κ1) is 15.7. The Hall–Kier alpha value is -2.70. The molecular formula is C15H14F2N2O3. The normalized spacial score (nSPS) is 10.3. The Labute approximate surface area is 125 Å². The zero-order chi connectivity index (χ0) is 16.1. The van der Waals surface area contributed by atoms with Gasteiger partial charge in [0.25, 0.3) is 5.91 Å². The predicted molar refractivity (Wildman–Crippen MR) is 75.4 cm³/mol. The lowest BCUT2D eigenvalue weighted by atomic mass is 10.2. The fourth-order valence-electron chi connectivity index (χ4n) is 1.95. The zero-order valence-corrected chi connectivity index (χ0v) is 11.8. The van der Waals surface area contributed by atoms with E-state index in [1.165, 1.54) is 25.3 Å². The molecule has 1 aromatic heterocycles. The number of carbonyl (C=O) groups is 2. The molecule has 22 heavy (non-hydrogen) atoms. The quantitative estimate of drug-likeness (QED) is 0.922. The van der Waals surface area contributed by atoms with E-state index in [0.717, 1.165) is 17.0 Å². The third-order valence-electron chi connectivity index (χ3n) is 2.95. The lowest BCUT2D eigenvalue weighted by Crippen LogP contribution is -2.38. The van der Waals surface area contributed by atoms with E-state index in [-0.39, 0.29) is 18.8 Å². The smallest absolute Gasteiger partial charge is 0.287 e. The van der Waals surface area contributed by atoms with Crippen LogP contribution in [0.2, 0.25) is 0 Å². The molecule has 0 aliphatic heterocycles. The highest BCUT2D eigenvalue weighted by Crippen LogP contribution is 2.23. The monoisotopic (exact) mass is 308 g/mol. The molecule has 0 unspecified atom stereocenters. The van der Waals surface area contributed by atoms with Crippen molar-refractivity contribution in [2.45, 2.75) is 6.92 Å². The third-order valence-corrected chi connectivity index (χ3v) is 2.95. The van der Waals surface area contributed by atoms with Crippen LogP contribution >= 0.6 is 0 Å². The molecule has 1 N–H and O–H groups in total. The maximum Gasteiger partial charge on any atom is 0.287 e. The van der Waals surface area contributed by atoms with E-state index in [2.05, 4.69) is 5.32 Å². The van der Waals surface area contributed by atoms with E-state index in [1.807, 2.05) is 0 Å². The van der Waals surface area contributed by atoms with Crippen LogP contribution in [-0.4, -0.2) is 24.9 Å². The second-order valence-corrected chi connectivity index (χ2v) is 4.47. The van der Waals surface area contributed by atoms with E-state index in [0.29, 0.717) is 0 Å². The van der Waals surface area contributed by atoms with Crippen LogP contribution in [0, 0.1) is 11.6 Å². The van der Waals surface area contributed by atoms with E-state index in [9.17, 15) is 18.4 Å². The Morgan fingerprint density at radius 1 is 1.18 bits per heavy atom. The van der Waals surface area contributed by atoms with Gasteiger partial charge >= 0.3 is 0 Å². The standard InChI is InChI=1S/C15H14F2N2O3/c1-10(20)19(14-11(16)4-2-5-12(14)17)8-7-18-15(21)13-6-3-9-22-13/h2-6,9H,7-8H2,1H3,(H,18,21). The summed E-state index contributed by atoms with van der Waals surface area (Å²) in [6, 6.07) is 6.39. The summed E-state index contributed by atoms with van der Waals surface area (Å²) in [5, 5.41) is 2.51. The zero-order valence-electron chi connectivity index (χ0n) is 11.8. The number of nitrogens with zero attached hydrogens (tertiary/aromatic N) is 1. The Balaban J connectivity index is 2.04. The van der Waals surface area contributed by atoms with Crippen LogP contribution in [0.1, 0.15) is 17.5 Å². The van der Waals surface area contributed by atoms with Crippen molar-refractivity contribution in [3.63, 3.8) is 0 Å². The first-order valence-corrected chi connectivity index (χ1v) is 6.54. The molecule has 116 valence electrons. The largest absolute Gasteiger partial charge is 0.459 e. The summed E-state index contributed by atoms with van der Waals surface area (Å²) >= 11 is 0. The lowest BCUT2D eigenvalue weighted by molar-refractivity contribution is -0.116. The number of hydrogen-bond donors (Lipinski definition) is 1. The number of furan rings is 1. The number of amides is 2. The minimum absolute atomic E-state index is 0.0207. The molecule has 0 saturated heterocycles. The summed E-state index contributed by atoms with van der Waals surface area (Å²) in [5.41, 5.74) is -0.428. The molecular weight excluding hydrogens is 294 g/mol. The van der Waals surface area contributed by atoms with E-state index < -0.39 is 29.1 Å². The van der Waals surface area contributed by atoms with Gasteiger partial charge in [0.2, 0.25) is 5.91 Å². The average Bonchev–Trinajstić information content (AvgIpc) is 2.99. The second-order valence-electron chi connectivity index (χ2n) is 4.47. The molecule has 2 amide bonds. The van der Waals surface area contributed by atoms with Crippen molar-refractivity contribution < 1.29 is 22.8 Å². The number of nitrogens with one attached hydrogen (secondary N) is 1. The number of benzene rings is 1. The van der Waals surface area contributed by atoms with E-state index in [4.69, 9.17) is 4.42 Å². The Kier molecular flexibility index (Phi) is 4.88. The van der Waals surface area contributed by atoms with Crippen molar-refractivity contribution in [1.82, 2.24) is 5.32 Å². The minimum Gasteiger partial charge on any atom is -0.459 e. The number of anilines is 1. The SMILES string of the molecule is CC(=O)N(CCNC(=O)c1ccco1)c1c(F)cccc1F. The van der Waals surface area contributed by atoms with Gasteiger partial charge in [-0.3, -0.25) is 9.59 Å². The minimum atomic E-state index is -0.840. The van der Waals surface area contributed by atoms with Crippen molar-refractivity contribution in [1.29, 1.82) is 0 Å². The van der Waals surface area contributed by atoms with Gasteiger partial charge in [-0.05, 0) is 24.3 Å². The molecule has 2 aromatic rings. The van der Waals surface area contributed by atoms with Gasteiger partial charge in [-0.25, -0.2) is 8.78 Å². The molecule has 0 atom stereocenters. The van der Waals surface area contributed by atoms with Gasteiger partial charge in [-0.1, -0.05) is 6.07 Å². The van der Waals surface area contributed by atoms with Crippen molar-refractivity contribution in [2.24, 2.45) is 0 Å². The third kappa shape index (κ3) is 3.49. The number of para-hydroxylation sites is 1. The molecule has 0 saturated carbocycles. The van der Waals surface area contributed by atoms with Crippen LogP contribution in [0.5, 0.6) is 0 Å². The van der Waals surface area contributed by atoms with Gasteiger partial charge < -0.3 is 14.6 Å². The van der Waals surface area contributed by atoms with Gasteiger partial charge in [0, 0.05) is 20.0 Å². The number of rotatable bonds is 5. The molecule has 0 fully saturated rings. The average molecular weight is 308 g/mol. The predicted octanol–water partition coefficient (Wildman–Crippen LogP) is 2.34. The maximum atomic E-state index is 13.7. The molecule has 0 aliphatic carbocycles. The first-order chi connectivity index (χ1) is 10.5. The van der Waals surface area contributed by atoms with Crippen LogP contribution in [0.3, 0.4) is 0 Å². The van der Waals surface area contributed by atoms with Crippen molar-refractivity contribution in [2.75, 3.05) is 18.0 Å². The summed E-state index contributed by atoms with van der Waals surface area (Å²) in [6.07, 6.45) is 1.35. The highest BCUT2D eigenvalue weighted by molar-refractivity contribution is 5.93. The molecule has 7 heteroatoms. The summed E-state index contributed by atoms with van der Waals surface area (Å²) in [4.78, 5) is 24.2. The topological polar surface area (TPSA) is 62.6 Å². The number of carbonyl (C=O) groups excluding carboxylic acids is 2. The second kappa shape index (κ2) is 6.84. The van der Waals surface area contributed by atoms with E-state index >= 15 is 0 Å². The summed E-state index contributed by atoms with van der Waals surface area (Å²) in [5.74, 6) is -2.56. The Morgan fingerprint density at radius 3 is 2.41 bits per heavy atom. The summed E-state index contributed by atoms with van der Waals surface area (Å²) in [7, 11) is 0. The van der Waals surface area contributed by atoms with Crippen LogP contribution in [0.15, 0.2) is 41.0 Å². The first-order valence-electron chi connectivity index (χ1n) is 6.54. The lowest BCUT2D eigenvalue weighted by Gasteiger charge is -2.22. The van der Waals surface area contributed by atoms with Crippen LogP contribution in [0.4, 0.5) is 14.5 Å². The molecule has 1 aromatic carbocycles. The number of halogens is 2. The van der Waals surface area contributed by atoms with Gasteiger partial charge in [0.15, 0.2) is 5.76 Å². The molecule has 0 aliphatic rings. The fourth-order valence-corrected chi connectivity index (χ4v) is 1.95. The van der Waals surface area contributed by atoms with Crippen LogP contribution in [-0.2, 0) is 4.79 Å². The van der Waals surface area contributed by atoms with Gasteiger partial charge in [0.1, 0.15) is 17.3 Å². The summed E-state index contributed by atoms with van der Waals surface area (Å²) in [6.45, 7) is 1.15. The highest BCUT2D eigenvalue weighted by atomic mass is 19.1. The van der Waals surface area contributed by atoms with Gasteiger partial charge in [0.05, 0.1) is 6.26 Å². The molecule has 0 spiro atoms.